The maximum Gasteiger partial charge on any atom is 0.120 e. The fraction of sp³-hybridized carbons (Fsp3) is 0.625. The van der Waals surface area contributed by atoms with Crippen molar-refractivity contribution in [3.05, 3.63) is 0 Å². The van der Waals surface area contributed by atoms with Gasteiger partial charge in [0, 0.05) is 24.8 Å². The van der Waals surface area contributed by atoms with Crippen LogP contribution in [-0.4, -0.2) is 24.5 Å². The van der Waals surface area contributed by atoms with E-state index in [1.807, 2.05) is 6.21 Å². The first-order valence-corrected chi connectivity index (χ1v) is 4.87. The van der Waals surface area contributed by atoms with E-state index in [9.17, 15) is 9.59 Å². The highest BCUT2D eigenvalue weighted by atomic mass is 32.2. The quantitative estimate of drug-likeness (QED) is 0.382. The van der Waals surface area contributed by atoms with Gasteiger partial charge in [0.05, 0.1) is 0 Å². The highest BCUT2D eigenvalue weighted by molar-refractivity contribution is 7.98. The monoisotopic (exact) mass is 187 g/mol. The first-order chi connectivity index (χ1) is 5.91. The zero-order chi connectivity index (χ0) is 9.07. The molecule has 0 N–H and O–H groups in total. The molecule has 1 aliphatic heterocycles. The van der Waals surface area contributed by atoms with Gasteiger partial charge < -0.3 is 9.59 Å². The van der Waals surface area contributed by atoms with E-state index in [0.717, 1.165) is 12.6 Å². The smallest absolute Gasteiger partial charge is 0.120 e. The summed E-state index contributed by atoms with van der Waals surface area (Å²) < 4.78 is 3.88. The molecule has 0 saturated heterocycles. The Morgan fingerprint density at radius 2 is 2.00 bits per heavy atom. The van der Waals surface area contributed by atoms with Gasteiger partial charge in [-0.05, 0) is 24.8 Å². The Labute approximate surface area is 76.8 Å². The molecular weight excluding hydrogens is 174 g/mol. The fourth-order valence-electron chi connectivity index (χ4n) is 0.548. The van der Waals surface area contributed by atoms with Gasteiger partial charge in [0.15, 0.2) is 0 Å². The molecule has 0 radical (unpaired) electrons. The van der Waals surface area contributed by atoms with Crippen LogP contribution in [0.25, 0.3) is 0 Å². The maximum atomic E-state index is 9.56. The lowest BCUT2D eigenvalue weighted by molar-refractivity contribution is -0.108. The van der Waals surface area contributed by atoms with Crippen molar-refractivity contribution in [3.8, 4) is 0 Å². The van der Waals surface area contributed by atoms with Gasteiger partial charge in [-0.3, -0.25) is 0 Å². The van der Waals surface area contributed by atoms with Crippen LogP contribution in [-0.2, 0) is 9.59 Å². The van der Waals surface area contributed by atoms with Gasteiger partial charge in [-0.1, -0.05) is 0 Å². The summed E-state index contributed by atoms with van der Waals surface area (Å²) >= 11 is 1.64. The van der Waals surface area contributed by atoms with Crippen LogP contribution in [0.3, 0.4) is 0 Å². The molecule has 0 aromatic carbocycles. The molecule has 0 spiro atoms. The third-order valence-corrected chi connectivity index (χ3v) is 1.85. The Bertz CT molecular complexity index is 134. The predicted octanol–water partition coefficient (Wildman–Crippen LogP) is 1.66. The van der Waals surface area contributed by atoms with Gasteiger partial charge in [-0.25, -0.2) is 4.40 Å². The summed E-state index contributed by atoms with van der Waals surface area (Å²) in [5, 5.41) is 0. The van der Waals surface area contributed by atoms with Crippen molar-refractivity contribution in [1.29, 1.82) is 0 Å². The minimum atomic E-state index is 0.513. The van der Waals surface area contributed by atoms with Crippen LogP contribution in [0, 0.1) is 0 Å². The summed E-state index contributed by atoms with van der Waals surface area (Å²) in [4.78, 5) is 19.1. The lowest BCUT2D eigenvalue weighted by atomic mass is 10.3. The number of rotatable bonds is 4. The van der Waals surface area contributed by atoms with Crippen molar-refractivity contribution in [2.45, 2.75) is 25.7 Å². The molecule has 4 heteroatoms. The first kappa shape index (κ1) is 11.4. The van der Waals surface area contributed by atoms with Gasteiger partial charge in [0.1, 0.15) is 12.6 Å². The molecule has 3 nitrogen and oxygen atoms in total. The van der Waals surface area contributed by atoms with Crippen molar-refractivity contribution in [2.75, 3.05) is 5.75 Å². The number of aldehydes is 2. The van der Waals surface area contributed by atoms with Crippen molar-refractivity contribution >= 4 is 30.7 Å². The molecule has 68 valence electrons. The molecule has 0 unspecified atom stereocenters. The minimum absolute atomic E-state index is 0.513. The average molecular weight is 187 g/mol. The Morgan fingerprint density at radius 3 is 2.25 bits per heavy atom. The second-order valence-corrected chi connectivity index (χ2v) is 3.05. The lowest BCUT2D eigenvalue weighted by Gasteiger charge is -1.78. The van der Waals surface area contributed by atoms with Gasteiger partial charge >= 0.3 is 0 Å². The Balaban J connectivity index is 0.000000211. The molecule has 0 aliphatic carbocycles. The summed E-state index contributed by atoms with van der Waals surface area (Å²) in [5.41, 5.74) is 0. The van der Waals surface area contributed by atoms with Crippen LogP contribution in [0.5, 0.6) is 0 Å². The van der Waals surface area contributed by atoms with Crippen molar-refractivity contribution in [2.24, 2.45) is 4.40 Å². The molecule has 1 aliphatic rings. The van der Waals surface area contributed by atoms with Crippen LogP contribution in [0.15, 0.2) is 4.40 Å². The summed E-state index contributed by atoms with van der Waals surface area (Å²) in [6.45, 7) is 0. The first-order valence-electron chi connectivity index (χ1n) is 3.93. The van der Waals surface area contributed by atoms with E-state index >= 15 is 0 Å². The van der Waals surface area contributed by atoms with E-state index in [-0.39, 0.29) is 0 Å². The molecule has 0 saturated carbocycles. The molecule has 0 aromatic heterocycles. The van der Waals surface area contributed by atoms with E-state index in [1.165, 1.54) is 12.2 Å². The highest BCUT2D eigenvalue weighted by Crippen LogP contribution is 2.07. The zero-order valence-corrected chi connectivity index (χ0v) is 7.76. The van der Waals surface area contributed by atoms with E-state index in [1.54, 1.807) is 11.9 Å². The van der Waals surface area contributed by atoms with Crippen molar-refractivity contribution < 1.29 is 9.59 Å². The third kappa shape index (κ3) is 9.36. The van der Waals surface area contributed by atoms with E-state index in [0.29, 0.717) is 19.3 Å². The highest BCUT2D eigenvalue weighted by Gasteiger charge is 1.87. The van der Waals surface area contributed by atoms with E-state index < -0.39 is 0 Å². The van der Waals surface area contributed by atoms with Gasteiger partial charge in [-0.2, -0.15) is 0 Å². The lowest BCUT2D eigenvalue weighted by Crippen LogP contribution is -1.76. The zero-order valence-electron chi connectivity index (χ0n) is 6.94. The SMILES string of the molecule is C1=NSCC1.O=CCCCC=O. The van der Waals surface area contributed by atoms with Crippen LogP contribution >= 0.6 is 11.9 Å². The molecule has 1 heterocycles. The molecule has 0 aromatic rings. The number of nitrogens with zero attached hydrogens (tertiary/aromatic N) is 1. The van der Waals surface area contributed by atoms with Crippen LogP contribution < -0.4 is 0 Å². The van der Waals surface area contributed by atoms with Crippen LogP contribution in [0.2, 0.25) is 0 Å². The van der Waals surface area contributed by atoms with Gasteiger partial charge in [0.25, 0.3) is 0 Å². The Morgan fingerprint density at radius 1 is 1.33 bits per heavy atom. The molecule has 0 fully saturated rings. The normalized spacial score (nSPS) is 13.3. The largest absolute Gasteiger partial charge is 0.303 e. The van der Waals surface area contributed by atoms with E-state index in [4.69, 9.17) is 0 Å². The maximum absolute atomic E-state index is 9.56. The summed E-state index contributed by atoms with van der Waals surface area (Å²) in [6, 6.07) is 0. The molecule has 0 bridgehead atoms. The molecule has 1 rings (SSSR count). The number of hydrogen-bond donors (Lipinski definition) is 0. The average Bonchev–Trinajstić information content (AvgIpc) is 2.62. The van der Waals surface area contributed by atoms with E-state index in [2.05, 4.69) is 4.40 Å². The van der Waals surface area contributed by atoms with Crippen LogP contribution in [0.1, 0.15) is 25.7 Å². The minimum Gasteiger partial charge on any atom is -0.303 e. The second kappa shape index (κ2) is 10.4. The number of carbonyl (C=O) groups is 2. The topological polar surface area (TPSA) is 46.5 Å². The second-order valence-electron chi connectivity index (χ2n) is 2.17. The third-order valence-electron chi connectivity index (χ3n) is 1.13. The predicted molar refractivity (Wildman–Crippen MR) is 51.5 cm³/mol. The standard InChI is InChI=1S/C5H8O2.C3H5NS/c6-4-2-1-3-5-7;1-2-4-5-3-1/h4-5H,1-3H2;2H,1,3H2. The van der Waals surface area contributed by atoms with Crippen molar-refractivity contribution in [1.82, 2.24) is 0 Å². The van der Waals surface area contributed by atoms with Crippen LogP contribution in [0.4, 0.5) is 0 Å². The molecule has 12 heavy (non-hydrogen) atoms. The van der Waals surface area contributed by atoms with Gasteiger partial charge in [0.2, 0.25) is 0 Å². The molecule has 0 amide bonds. The fourth-order valence-corrected chi connectivity index (χ4v) is 1.08. The van der Waals surface area contributed by atoms with Crippen molar-refractivity contribution in [3.63, 3.8) is 0 Å². The number of unbranched alkanes of at least 4 members (excludes halogenated alkanes) is 2. The molecular formula is C8H13NO2S. The summed E-state index contributed by atoms with van der Waals surface area (Å²) in [5.74, 6) is 1.19. The number of hydrogen-bond acceptors (Lipinski definition) is 4. The van der Waals surface area contributed by atoms with Gasteiger partial charge in [-0.15, -0.1) is 0 Å². The molecule has 0 atom stereocenters. The number of carbonyl (C=O) groups excluding carboxylic acids is 2. The Hall–Kier alpha value is -0.640. The Kier molecular flexibility index (Phi) is 9.81. The summed E-state index contributed by atoms with van der Waals surface area (Å²) in [7, 11) is 0. The summed E-state index contributed by atoms with van der Waals surface area (Å²) in [6.07, 6.45) is 6.49.